The number of halogens is 1. The molecule has 0 aliphatic carbocycles. The van der Waals surface area contributed by atoms with E-state index in [9.17, 15) is 13.2 Å². The summed E-state index contributed by atoms with van der Waals surface area (Å²) in [7, 11) is -2.66. The van der Waals surface area contributed by atoms with Gasteiger partial charge in [0.05, 0.1) is 23.3 Å². The molecule has 3 aromatic rings. The summed E-state index contributed by atoms with van der Waals surface area (Å²) < 4.78 is 39.6. The summed E-state index contributed by atoms with van der Waals surface area (Å²) in [5.41, 5.74) is 0.269. The lowest BCUT2D eigenvalue weighted by Gasteiger charge is -2.15. The van der Waals surface area contributed by atoms with Gasteiger partial charge in [-0.05, 0) is 55.5 Å². The van der Waals surface area contributed by atoms with Crippen LogP contribution in [0.1, 0.15) is 17.3 Å². The lowest BCUT2D eigenvalue weighted by atomic mass is 10.2. The summed E-state index contributed by atoms with van der Waals surface area (Å²) in [6.07, 6.45) is 0. The summed E-state index contributed by atoms with van der Waals surface area (Å²) in [6.45, 7) is 2.15. The number of carbonyl (C=O) groups excluding carboxylic acids is 1. The number of ether oxygens (including phenoxy) is 2. The van der Waals surface area contributed by atoms with Gasteiger partial charge in [-0.15, -0.1) is 0 Å². The molecule has 0 aromatic heterocycles. The van der Waals surface area contributed by atoms with E-state index in [1.165, 1.54) is 31.4 Å². The van der Waals surface area contributed by atoms with E-state index < -0.39 is 15.9 Å². The van der Waals surface area contributed by atoms with Gasteiger partial charge in [0.15, 0.2) is 5.75 Å². The molecular weight excluding hydrogens is 440 g/mol. The third-order valence-electron chi connectivity index (χ3n) is 4.22. The summed E-state index contributed by atoms with van der Waals surface area (Å²) in [6, 6.07) is 17.6. The van der Waals surface area contributed by atoms with Crippen LogP contribution in [0.15, 0.2) is 71.6 Å². The Labute approximate surface area is 186 Å². The van der Waals surface area contributed by atoms with Crippen LogP contribution >= 0.6 is 11.6 Å². The molecule has 9 heteroatoms. The highest BCUT2D eigenvalue weighted by molar-refractivity contribution is 7.92. The number of amides is 1. The largest absolute Gasteiger partial charge is 0.496 e. The summed E-state index contributed by atoms with van der Waals surface area (Å²) in [4.78, 5) is 12.2. The van der Waals surface area contributed by atoms with Gasteiger partial charge in [0, 0.05) is 11.6 Å². The van der Waals surface area contributed by atoms with E-state index in [2.05, 4.69) is 10.0 Å². The van der Waals surface area contributed by atoms with E-state index in [1.54, 1.807) is 43.3 Å². The van der Waals surface area contributed by atoms with Gasteiger partial charge in [-0.2, -0.15) is 0 Å². The topological polar surface area (TPSA) is 93.7 Å². The number of para-hydroxylation sites is 1. The van der Waals surface area contributed by atoms with E-state index in [4.69, 9.17) is 21.1 Å². The van der Waals surface area contributed by atoms with E-state index in [0.717, 1.165) is 0 Å². The van der Waals surface area contributed by atoms with E-state index >= 15 is 0 Å². The first-order valence-electron chi connectivity index (χ1n) is 9.35. The van der Waals surface area contributed by atoms with Gasteiger partial charge >= 0.3 is 0 Å². The Morgan fingerprint density at radius 1 is 1.00 bits per heavy atom. The zero-order chi connectivity index (χ0) is 22.4. The molecule has 0 fully saturated rings. The molecule has 0 spiro atoms. The number of anilines is 1. The van der Waals surface area contributed by atoms with Crippen molar-refractivity contribution in [1.29, 1.82) is 0 Å². The minimum Gasteiger partial charge on any atom is -0.496 e. The van der Waals surface area contributed by atoms with Crippen molar-refractivity contribution in [2.24, 2.45) is 0 Å². The highest BCUT2D eigenvalue weighted by atomic mass is 35.5. The Morgan fingerprint density at radius 2 is 1.71 bits per heavy atom. The summed E-state index contributed by atoms with van der Waals surface area (Å²) in [5.74, 6) is 0.637. The molecule has 0 aliphatic heterocycles. The molecule has 31 heavy (non-hydrogen) atoms. The average molecular weight is 461 g/mol. The van der Waals surface area contributed by atoms with Crippen LogP contribution in [0.3, 0.4) is 0 Å². The first kappa shape index (κ1) is 22.5. The van der Waals surface area contributed by atoms with E-state index in [-0.39, 0.29) is 27.6 Å². The van der Waals surface area contributed by atoms with Crippen LogP contribution < -0.4 is 19.5 Å². The highest BCUT2D eigenvalue weighted by Crippen LogP contribution is 2.34. The molecule has 0 atom stereocenters. The second kappa shape index (κ2) is 9.72. The Hall–Kier alpha value is -3.23. The lowest BCUT2D eigenvalue weighted by molar-refractivity contribution is 0.0952. The zero-order valence-electron chi connectivity index (χ0n) is 16.9. The van der Waals surface area contributed by atoms with Crippen LogP contribution in [-0.2, 0) is 10.0 Å². The number of rotatable bonds is 8. The number of hydrogen-bond acceptors (Lipinski definition) is 5. The van der Waals surface area contributed by atoms with Crippen molar-refractivity contribution in [1.82, 2.24) is 5.32 Å². The predicted octanol–water partition coefficient (Wildman–Crippen LogP) is 4.69. The molecule has 1 amide bonds. The van der Waals surface area contributed by atoms with Gasteiger partial charge in [0.25, 0.3) is 15.9 Å². The van der Waals surface area contributed by atoms with Crippen LogP contribution in [0.2, 0.25) is 5.02 Å². The van der Waals surface area contributed by atoms with E-state index in [1.807, 2.05) is 6.07 Å². The van der Waals surface area contributed by atoms with Gasteiger partial charge in [-0.1, -0.05) is 29.8 Å². The molecule has 0 unspecified atom stereocenters. The molecule has 0 radical (unpaired) electrons. The van der Waals surface area contributed by atoms with Crippen LogP contribution in [0.25, 0.3) is 0 Å². The fourth-order valence-corrected chi connectivity index (χ4v) is 4.04. The maximum atomic E-state index is 13.1. The molecule has 7 nitrogen and oxygen atoms in total. The number of benzene rings is 3. The SMILES string of the molecule is CCNC(=O)c1cc(S(=O)(=O)Nc2cc(Cl)ccc2Oc2ccccc2)ccc1OC. The number of methoxy groups -OCH3 is 1. The molecule has 162 valence electrons. The summed E-state index contributed by atoms with van der Waals surface area (Å²) >= 11 is 6.08. The molecular formula is C22H21ClN2O5S. The normalized spacial score (nSPS) is 10.9. The Kier molecular flexibility index (Phi) is 7.04. The maximum absolute atomic E-state index is 13.1. The molecule has 0 aliphatic rings. The number of hydrogen-bond donors (Lipinski definition) is 2. The summed E-state index contributed by atoms with van der Waals surface area (Å²) in [5, 5.41) is 2.97. The van der Waals surface area contributed by atoms with Crippen LogP contribution in [0, 0.1) is 0 Å². The molecule has 3 aromatic carbocycles. The maximum Gasteiger partial charge on any atom is 0.262 e. The standard InChI is InChI=1S/C22H21ClN2O5S/c1-3-24-22(26)18-14-17(10-12-20(18)29-2)31(27,28)25-19-13-15(23)9-11-21(19)30-16-7-5-4-6-8-16/h4-14,25H,3H2,1-2H3,(H,24,26). The number of nitrogens with one attached hydrogen (secondary N) is 2. The van der Waals surface area contributed by atoms with E-state index in [0.29, 0.717) is 17.3 Å². The van der Waals surface area contributed by atoms with Crippen molar-refractivity contribution >= 4 is 33.2 Å². The molecule has 0 bridgehead atoms. The Bertz CT molecular complexity index is 1180. The molecule has 2 N–H and O–H groups in total. The zero-order valence-corrected chi connectivity index (χ0v) is 18.5. The monoisotopic (exact) mass is 460 g/mol. The van der Waals surface area contributed by atoms with Crippen molar-refractivity contribution in [3.63, 3.8) is 0 Å². The van der Waals surface area contributed by atoms with Crippen molar-refractivity contribution < 1.29 is 22.7 Å². The molecule has 0 heterocycles. The number of sulfonamides is 1. The fourth-order valence-electron chi connectivity index (χ4n) is 2.78. The van der Waals surface area contributed by atoms with Crippen molar-refractivity contribution in [3.05, 3.63) is 77.3 Å². The van der Waals surface area contributed by atoms with Gasteiger partial charge in [-0.25, -0.2) is 8.42 Å². The van der Waals surface area contributed by atoms with Crippen LogP contribution in [0.5, 0.6) is 17.2 Å². The third kappa shape index (κ3) is 5.48. The average Bonchev–Trinajstić information content (AvgIpc) is 2.76. The molecule has 3 rings (SSSR count). The molecule has 0 saturated heterocycles. The highest BCUT2D eigenvalue weighted by Gasteiger charge is 2.21. The minimum atomic E-state index is -4.07. The smallest absolute Gasteiger partial charge is 0.262 e. The van der Waals surface area contributed by atoms with Gasteiger partial charge in [0.1, 0.15) is 11.5 Å². The van der Waals surface area contributed by atoms with Crippen LogP contribution in [0.4, 0.5) is 5.69 Å². The first-order chi connectivity index (χ1) is 14.8. The van der Waals surface area contributed by atoms with Gasteiger partial charge in [-0.3, -0.25) is 9.52 Å². The quantitative estimate of drug-likeness (QED) is 0.508. The van der Waals surface area contributed by atoms with Crippen molar-refractivity contribution in [3.8, 4) is 17.2 Å². The van der Waals surface area contributed by atoms with Gasteiger partial charge in [0.2, 0.25) is 0 Å². The molecule has 0 saturated carbocycles. The van der Waals surface area contributed by atoms with Crippen molar-refractivity contribution in [2.45, 2.75) is 11.8 Å². The lowest BCUT2D eigenvalue weighted by Crippen LogP contribution is -2.24. The predicted molar refractivity (Wildman–Crippen MR) is 120 cm³/mol. The second-order valence-corrected chi connectivity index (χ2v) is 8.50. The number of carbonyl (C=O) groups is 1. The third-order valence-corrected chi connectivity index (χ3v) is 5.82. The second-order valence-electron chi connectivity index (χ2n) is 6.38. The Morgan fingerprint density at radius 3 is 2.39 bits per heavy atom. The van der Waals surface area contributed by atoms with Gasteiger partial charge < -0.3 is 14.8 Å². The first-order valence-corrected chi connectivity index (χ1v) is 11.2. The minimum absolute atomic E-state index is 0.110. The fraction of sp³-hybridized carbons (Fsp3) is 0.136. The Balaban J connectivity index is 1.96. The van der Waals surface area contributed by atoms with Crippen molar-refractivity contribution in [2.75, 3.05) is 18.4 Å². The van der Waals surface area contributed by atoms with Crippen LogP contribution in [-0.4, -0.2) is 28.0 Å².